The normalized spacial score (nSPS) is 11.1. The van der Waals surface area contributed by atoms with E-state index in [2.05, 4.69) is 30.8 Å². The molecule has 2 heterocycles. The lowest BCUT2D eigenvalue weighted by Gasteiger charge is -2.04. The topological polar surface area (TPSA) is 118 Å². The second-order valence-electron chi connectivity index (χ2n) is 5.52. The van der Waals surface area contributed by atoms with Crippen LogP contribution in [-0.2, 0) is 0 Å². The molecule has 0 atom stereocenters. The maximum atomic E-state index is 12.4. The Labute approximate surface area is 163 Å². The number of hydrogen-bond donors (Lipinski definition) is 2. The summed E-state index contributed by atoms with van der Waals surface area (Å²) >= 11 is 11.8. The Morgan fingerprint density at radius 3 is 2.70 bits per heavy atom. The summed E-state index contributed by atoms with van der Waals surface area (Å²) in [5.41, 5.74) is 3.51. The number of carbonyl (C=O) groups is 1. The molecule has 1 amide bonds. The van der Waals surface area contributed by atoms with E-state index in [9.17, 15) is 9.59 Å². The maximum absolute atomic E-state index is 12.4. The minimum Gasteiger partial charge on any atom is -0.288 e. The summed E-state index contributed by atoms with van der Waals surface area (Å²) < 4.78 is 1.19. The first-order valence-electron chi connectivity index (χ1n) is 7.64. The predicted molar refractivity (Wildman–Crippen MR) is 101 cm³/mol. The number of halogens is 2. The summed E-state index contributed by atoms with van der Waals surface area (Å²) in [7, 11) is 0. The van der Waals surface area contributed by atoms with Crippen LogP contribution in [-0.4, -0.2) is 37.1 Å². The number of amides is 1. The molecule has 11 heteroatoms. The van der Waals surface area contributed by atoms with Crippen molar-refractivity contribution in [3.63, 3.8) is 0 Å². The number of aromatic amines is 1. The summed E-state index contributed by atoms with van der Waals surface area (Å²) in [6.45, 7) is 3.22. The Hall–Kier alpha value is -3.04. The average molecular weight is 406 g/mol. The molecule has 3 rings (SSSR count). The quantitative estimate of drug-likeness (QED) is 0.508. The van der Waals surface area contributed by atoms with Crippen molar-refractivity contribution in [1.29, 1.82) is 0 Å². The second-order valence-corrected chi connectivity index (χ2v) is 6.33. The number of H-pyrrole nitrogens is 1. The maximum Gasteiger partial charge on any atom is 0.290 e. The molecule has 0 aliphatic heterocycles. The van der Waals surface area contributed by atoms with Crippen LogP contribution >= 0.6 is 23.2 Å². The number of nitrogens with one attached hydrogen (secondary N) is 2. The number of hydrogen-bond acceptors (Lipinski definition) is 6. The van der Waals surface area contributed by atoms with Crippen molar-refractivity contribution >= 4 is 35.3 Å². The molecule has 0 aliphatic carbocycles. The van der Waals surface area contributed by atoms with Gasteiger partial charge >= 0.3 is 0 Å². The van der Waals surface area contributed by atoms with Gasteiger partial charge in [0.2, 0.25) is 0 Å². The third-order valence-corrected chi connectivity index (χ3v) is 4.18. The summed E-state index contributed by atoms with van der Waals surface area (Å²) in [5.74, 6) is -0.521. The van der Waals surface area contributed by atoms with Crippen LogP contribution in [0.3, 0.4) is 0 Å². The van der Waals surface area contributed by atoms with E-state index in [0.717, 1.165) is 0 Å². The van der Waals surface area contributed by atoms with E-state index < -0.39 is 11.5 Å². The highest BCUT2D eigenvalue weighted by Gasteiger charge is 2.17. The summed E-state index contributed by atoms with van der Waals surface area (Å²) in [6, 6.07) is 6.47. The van der Waals surface area contributed by atoms with Gasteiger partial charge in [0.1, 0.15) is 11.4 Å². The van der Waals surface area contributed by atoms with E-state index in [1.165, 1.54) is 23.9 Å². The zero-order valence-corrected chi connectivity index (χ0v) is 15.7. The molecule has 0 spiro atoms. The number of rotatable bonds is 4. The van der Waals surface area contributed by atoms with Crippen LogP contribution in [0.4, 0.5) is 0 Å². The van der Waals surface area contributed by atoms with E-state index in [4.69, 9.17) is 23.2 Å². The zero-order chi connectivity index (χ0) is 19.6. The van der Waals surface area contributed by atoms with Gasteiger partial charge in [0, 0.05) is 0 Å². The van der Waals surface area contributed by atoms with Crippen LogP contribution in [0.5, 0.6) is 0 Å². The van der Waals surface area contributed by atoms with Gasteiger partial charge in [-0.3, -0.25) is 14.6 Å². The van der Waals surface area contributed by atoms with Crippen molar-refractivity contribution < 1.29 is 4.79 Å². The molecule has 2 aromatic heterocycles. The number of aromatic nitrogens is 5. The van der Waals surface area contributed by atoms with E-state index in [-0.39, 0.29) is 17.3 Å². The van der Waals surface area contributed by atoms with Crippen LogP contribution < -0.4 is 11.0 Å². The van der Waals surface area contributed by atoms with Gasteiger partial charge in [-0.15, -0.1) is 10.2 Å². The first kappa shape index (κ1) is 18.7. The van der Waals surface area contributed by atoms with Gasteiger partial charge in [0.15, 0.2) is 0 Å². The molecule has 0 unspecified atom stereocenters. The molecule has 9 nitrogen and oxygen atoms in total. The van der Waals surface area contributed by atoms with Crippen LogP contribution in [0.2, 0.25) is 10.0 Å². The smallest absolute Gasteiger partial charge is 0.288 e. The number of carbonyl (C=O) groups excluding carboxylic acids is 1. The standard InChI is InChI=1S/C16H13Cl2N7O2/c1-8-5-13(25(24-8)16-20-14(26)9(2)21-23-16)15(27)22-19-7-10-3-4-11(17)12(18)6-10/h3-7H,1-2H3,(H,22,27)(H,20,23,26)/b19-7-. The highest BCUT2D eigenvalue weighted by atomic mass is 35.5. The zero-order valence-electron chi connectivity index (χ0n) is 14.2. The Morgan fingerprint density at radius 1 is 1.22 bits per heavy atom. The van der Waals surface area contributed by atoms with E-state index in [1.54, 1.807) is 25.1 Å². The number of benzene rings is 1. The Morgan fingerprint density at radius 2 is 2.00 bits per heavy atom. The molecule has 0 fully saturated rings. The van der Waals surface area contributed by atoms with E-state index >= 15 is 0 Å². The van der Waals surface area contributed by atoms with Crippen molar-refractivity contribution in [3.8, 4) is 5.95 Å². The third-order valence-electron chi connectivity index (χ3n) is 3.44. The molecular weight excluding hydrogens is 393 g/mol. The molecule has 0 aliphatic rings. The molecule has 0 radical (unpaired) electrons. The van der Waals surface area contributed by atoms with Gasteiger partial charge in [-0.25, -0.2) is 5.43 Å². The van der Waals surface area contributed by atoms with Crippen LogP contribution in [0.25, 0.3) is 5.95 Å². The number of aryl methyl sites for hydroxylation is 2. The summed E-state index contributed by atoms with van der Waals surface area (Å²) in [4.78, 5) is 26.7. The van der Waals surface area contributed by atoms with Crippen molar-refractivity contribution in [1.82, 2.24) is 30.4 Å². The number of hydrazone groups is 1. The highest BCUT2D eigenvalue weighted by Crippen LogP contribution is 2.21. The molecule has 1 aromatic carbocycles. The lowest BCUT2D eigenvalue weighted by Crippen LogP contribution is -2.24. The van der Waals surface area contributed by atoms with Gasteiger partial charge < -0.3 is 0 Å². The Kier molecular flexibility index (Phi) is 5.33. The second kappa shape index (κ2) is 7.68. The average Bonchev–Trinajstić information content (AvgIpc) is 3.02. The number of nitrogens with zero attached hydrogens (tertiary/aromatic N) is 5. The third kappa shape index (κ3) is 4.21. The van der Waals surface area contributed by atoms with Gasteiger partial charge in [-0.1, -0.05) is 29.3 Å². The lowest BCUT2D eigenvalue weighted by atomic mass is 10.2. The molecule has 0 saturated carbocycles. The fourth-order valence-corrected chi connectivity index (χ4v) is 2.42. The molecule has 0 saturated heterocycles. The van der Waals surface area contributed by atoms with Gasteiger partial charge in [0.05, 0.1) is 22.0 Å². The minimum absolute atomic E-state index is 0.0253. The van der Waals surface area contributed by atoms with Crippen molar-refractivity contribution in [2.75, 3.05) is 0 Å². The fraction of sp³-hybridized carbons (Fsp3) is 0.125. The Bertz CT molecular complexity index is 1100. The molecule has 0 bridgehead atoms. The van der Waals surface area contributed by atoms with E-state index in [0.29, 0.717) is 21.3 Å². The van der Waals surface area contributed by atoms with Gasteiger partial charge in [-0.2, -0.15) is 14.9 Å². The lowest BCUT2D eigenvalue weighted by molar-refractivity contribution is 0.0947. The van der Waals surface area contributed by atoms with Gasteiger partial charge in [0.25, 0.3) is 17.4 Å². The van der Waals surface area contributed by atoms with Crippen molar-refractivity contribution in [3.05, 3.63) is 67.3 Å². The largest absolute Gasteiger partial charge is 0.290 e. The predicted octanol–water partition coefficient (Wildman–Crippen LogP) is 2.04. The van der Waals surface area contributed by atoms with Crippen LogP contribution in [0, 0.1) is 13.8 Å². The Balaban J connectivity index is 1.82. The van der Waals surface area contributed by atoms with Crippen LogP contribution in [0.15, 0.2) is 34.2 Å². The summed E-state index contributed by atoms with van der Waals surface area (Å²) in [5, 5.41) is 16.5. The monoisotopic (exact) mass is 405 g/mol. The summed E-state index contributed by atoms with van der Waals surface area (Å²) in [6.07, 6.45) is 1.42. The van der Waals surface area contributed by atoms with Crippen molar-refractivity contribution in [2.24, 2.45) is 5.10 Å². The fourth-order valence-electron chi connectivity index (χ4n) is 2.12. The van der Waals surface area contributed by atoms with Crippen LogP contribution in [0.1, 0.15) is 27.4 Å². The van der Waals surface area contributed by atoms with E-state index in [1.807, 2.05) is 0 Å². The highest BCUT2D eigenvalue weighted by molar-refractivity contribution is 6.42. The molecule has 138 valence electrons. The first-order chi connectivity index (χ1) is 12.8. The molecule has 2 N–H and O–H groups in total. The minimum atomic E-state index is -0.546. The molecule has 3 aromatic rings. The van der Waals surface area contributed by atoms with Crippen molar-refractivity contribution in [2.45, 2.75) is 13.8 Å². The van der Waals surface area contributed by atoms with Gasteiger partial charge in [-0.05, 0) is 37.6 Å². The molecule has 27 heavy (non-hydrogen) atoms. The SMILES string of the molecule is Cc1cc(C(=O)N/N=C\c2ccc(Cl)c(Cl)c2)n(-c2nnc(C)c(=O)[nH]2)n1. The first-order valence-corrected chi connectivity index (χ1v) is 8.40. The molecular formula is C16H13Cl2N7O2.